The van der Waals surface area contributed by atoms with Crippen LogP contribution in [0.1, 0.15) is 10.9 Å². The highest BCUT2D eigenvalue weighted by atomic mass is 79.9. The first-order chi connectivity index (χ1) is 7.31. The van der Waals surface area contributed by atoms with Crippen LogP contribution in [0.25, 0.3) is 0 Å². The Kier molecular flexibility index (Phi) is 4.16. The molecule has 0 aliphatic carbocycles. The quantitative estimate of drug-likeness (QED) is 0.885. The van der Waals surface area contributed by atoms with Gasteiger partial charge in [0.15, 0.2) is 0 Å². The van der Waals surface area contributed by atoms with Crippen LogP contribution >= 0.6 is 27.3 Å². The Hall–Kier alpha value is 0.0600. The number of hydrogen-bond donors (Lipinski definition) is 2. The van der Waals surface area contributed by atoms with Crippen LogP contribution in [-0.4, -0.2) is 42.8 Å². The molecule has 15 heavy (non-hydrogen) atoms. The molecule has 0 spiro atoms. The van der Waals surface area contributed by atoms with Crippen molar-refractivity contribution in [2.75, 3.05) is 32.8 Å². The minimum Gasteiger partial charge on any atom is -0.394 e. The van der Waals surface area contributed by atoms with E-state index < -0.39 is 0 Å². The van der Waals surface area contributed by atoms with E-state index in [0.29, 0.717) is 0 Å². The number of aliphatic hydroxyl groups excluding tert-OH is 1. The lowest BCUT2D eigenvalue weighted by atomic mass is 10.2. The second-order valence-corrected chi connectivity index (χ2v) is 6.12. The molecule has 2 N–H and O–H groups in total. The Morgan fingerprint density at radius 1 is 1.47 bits per heavy atom. The zero-order valence-electron chi connectivity index (χ0n) is 8.45. The monoisotopic (exact) mass is 290 g/mol. The van der Waals surface area contributed by atoms with E-state index in [1.165, 1.54) is 4.88 Å². The van der Waals surface area contributed by atoms with E-state index >= 15 is 0 Å². The van der Waals surface area contributed by atoms with Crippen molar-refractivity contribution in [1.82, 2.24) is 10.2 Å². The van der Waals surface area contributed by atoms with Crippen LogP contribution in [0.5, 0.6) is 0 Å². The van der Waals surface area contributed by atoms with Gasteiger partial charge in [0.25, 0.3) is 0 Å². The predicted molar refractivity (Wildman–Crippen MR) is 66.3 cm³/mol. The predicted octanol–water partition coefficient (Wildman–Crippen LogP) is 1.45. The topological polar surface area (TPSA) is 35.5 Å². The Morgan fingerprint density at radius 3 is 2.73 bits per heavy atom. The fourth-order valence-electron chi connectivity index (χ4n) is 1.89. The van der Waals surface area contributed by atoms with Crippen LogP contribution in [-0.2, 0) is 0 Å². The molecule has 1 fully saturated rings. The van der Waals surface area contributed by atoms with Crippen LogP contribution in [0.15, 0.2) is 15.9 Å². The average molecular weight is 291 g/mol. The van der Waals surface area contributed by atoms with E-state index in [0.717, 1.165) is 30.0 Å². The smallest absolute Gasteiger partial charge is 0.0702 e. The van der Waals surface area contributed by atoms with Gasteiger partial charge in [-0.3, -0.25) is 4.90 Å². The number of rotatable bonds is 3. The molecule has 84 valence electrons. The Balaban J connectivity index is 2.08. The summed E-state index contributed by atoms with van der Waals surface area (Å²) in [5.74, 6) is 0. The summed E-state index contributed by atoms with van der Waals surface area (Å²) < 4.78 is 1.13. The van der Waals surface area contributed by atoms with Crippen molar-refractivity contribution in [2.24, 2.45) is 0 Å². The summed E-state index contributed by atoms with van der Waals surface area (Å²) in [4.78, 5) is 3.58. The fraction of sp³-hybridized carbons (Fsp3) is 0.600. The third kappa shape index (κ3) is 2.79. The van der Waals surface area contributed by atoms with Crippen LogP contribution in [0.3, 0.4) is 0 Å². The molecule has 1 unspecified atom stereocenters. The van der Waals surface area contributed by atoms with Crippen LogP contribution in [0.2, 0.25) is 0 Å². The maximum atomic E-state index is 9.47. The number of nitrogens with zero attached hydrogens (tertiary/aromatic N) is 1. The molecule has 1 aromatic heterocycles. The summed E-state index contributed by atoms with van der Waals surface area (Å²) in [5.41, 5.74) is 0. The Morgan fingerprint density at radius 2 is 2.20 bits per heavy atom. The van der Waals surface area contributed by atoms with Crippen LogP contribution < -0.4 is 5.32 Å². The van der Waals surface area contributed by atoms with Gasteiger partial charge in [0.05, 0.1) is 16.4 Å². The molecule has 0 saturated carbocycles. The minimum absolute atomic E-state index is 0.170. The molecule has 1 aliphatic heterocycles. The highest BCUT2D eigenvalue weighted by Gasteiger charge is 2.22. The molecule has 1 aromatic rings. The number of halogens is 1. The standard InChI is InChI=1S/C10H15BrN2OS/c11-10-2-1-9(15-10)8(7-14)13-5-3-12-4-6-13/h1-2,8,12,14H,3-7H2. The first-order valence-electron chi connectivity index (χ1n) is 5.12. The van der Waals surface area contributed by atoms with Crippen molar-refractivity contribution in [3.63, 3.8) is 0 Å². The maximum Gasteiger partial charge on any atom is 0.0702 e. The molecule has 0 amide bonds. The third-order valence-corrected chi connectivity index (χ3v) is 4.41. The summed E-state index contributed by atoms with van der Waals surface area (Å²) in [6.07, 6.45) is 0. The van der Waals surface area contributed by atoms with Gasteiger partial charge in [0.1, 0.15) is 0 Å². The molecule has 5 heteroatoms. The summed E-state index contributed by atoms with van der Waals surface area (Å²) >= 11 is 5.17. The van der Waals surface area contributed by atoms with Crippen molar-refractivity contribution in [3.05, 3.63) is 20.8 Å². The van der Waals surface area contributed by atoms with E-state index in [4.69, 9.17) is 0 Å². The normalized spacial score (nSPS) is 20.4. The van der Waals surface area contributed by atoms with E-state index in [-0.39, 0.29) is 12.6 Å². The summed E-state index contributed by atoms with van der Waals surface area (Å²) in [7, 11) is 0. The molecule has 2 rings (SSSR count). The SMILES string of the molecule is OCC(c1ccc(Br)s1)N1CCNCC1. The van der Waals surface area contributed by atoms with Crippen molar-refractivity contribution >= 4 is 27.3 Å². The van der Waals surface area contributed by atoms with Gasteiger partial charge in [-0.2, -0.15) is 0 Å². The maximum absolute atomic E-state index is 9.47. The number of thiophene rings is 1. The van der Waals surface area contributed by atoms with E-state index in [9.17, 15) is 5.11 Å². The lowest BCUT2D eigenvalue weighted by Gasteiger charge is -2.33. The number of piperazine rings is 1. The molecule has 0 radical (unpaired) electrons. The molecule has 0 aromatic carbocycles. The van der Waals surface area contributed by atoms with Gasteiger partial charge < -0.3 is 10.4 Å². The van der Waals surface area contributed by atoms with Gasteiger partial charge in [-0.25, -0.2) is 0 Å². The minimum atomic E-state index is 0.170. The molecule has 1 aliphatic rings. The third-order valence-electron chi connectivity index (χ3n) is 2.69. The second kappa shape index (κ2) is 5.41. The van der Waals surface area contributed by atoms with Crippen molar-refractivity contribution in [1.29, 1.82) is 0 Å². The molecule has 3 nitrogen and oxygen atoms in total. The first-order valence-corrected chi connectivity index (χ1v) is 6.73. The van der Waals surface area contributed by atoms with Gasteiger partial charge in [-0.15, -0.1) is 11.3 Å². The van der Waals surface area contributed by atoms with E-state index in [1.807, 2.05) is 6.07 Å². The molecule has 1 saturated heterocycles. The summed E-state index contributed by atoms with van der Waals surface area (Å²) in [5, 5.41) is 12.8. The summed E-state index contributed by atoms with van der Waals surface area (Å²) in [6, 6.07) is 4.31. The summed E-state index contributed by atoms with van der Waals surface area (Å²) in [6.45, 7) is 4.26. The van der Waals surface area contributed by atoms with E-state index in [2.05, 4.69) is 32.2 Å². The zero-order chi connectivity index (χ0) is 10.7. The van der Waals surface area contributed by atoms with Crippen molar-refractivity contribution in [2.45, 2.75) is 6.04 Å². The average Bonchev–Trinajstić information content (AvgIpc) is 2.68. The molecular formula is C10H15BrN2OS. The Bertz CT molecular complexity index is 312. The largest absolute Gasteiger partial charge is 0.394 e. The zero-order valence-corrected chi connectivity index (χ0v) is 10.9. The lowest BCUT2D eigenvalue weighted by molar-refractivity contribution is 0.113. The molecule has 0 bridgehead atoms. The van der Waals surface area contributed by atoms with Crippen molar-refractivity contribution < 1.29 is 5.11 Å². The van der Waals surface area contributed by atoms with Crippen LogP contribution in [0, 0.1) is 0 Å². The fourth-order valence-corrected chi connectivity index (χ4v) is 3.44. The van der Waals surface area contributed by atoms with Crippen molar-refractivity contribution in [3.8, 4) is 0 Å². The number of aliphatic hydroxyl groups is 1. The van der Waals surface area contributed by atoms with Gasteiger partial charge in [0.2, 0.25) is 0 Å². The van der Waals surface area contributed by atoms with E-state index in [1.54, 1.807) is 11.3 Å². The first kappa shape index (κ1) is 11.5. The van der Waals surface area contributed by atoms with Gasteiger partial charge in [-0.05, 0) is 28.1 Å². The second-order valence-electron chi connectivity index (χ2n) is 3.63. The number of hydrogen-bond acceptors (Lipinski definition) is 4. The van der Waals surface area contributed by atoms with Gasteiger partial charge in [-0.1, -0.05) is 0 Å². The highest BCUT2D eigenvalue weighted by molar-refractivity contribution is 9.11. The highest BCUT2D eigenvalue weighted by Crippen LogP contribution is 2.30. The lowest BCUT2D eigenvalue weighted by Crippen LogP contribution is -2.45. The van der Waals surface area contributed by atoms with Gasteiger partial charge in [0, 0.05) is 31.1 Å². The molecular weight excluding hydrogens is 276 g/mol. The van der Waals surface area contributed by atoms with Gasteiger partial charge >= 0.3 is 0 Å². The Labute approximate surface area is 102 Å². The van der Waals surface area contributed by atoms with Crippen LogP contribution in [0.4, 0.5) is 0 Å². The molecule has 1 atom stereocenters. The molecule has 2 heterocycles. The number of nitrogens with one attached hydrogen (secondary N) is 1.